The molecule has 3 aromatic rings. The van der Waals surface area contributed by atoms with Crippen LogP contribution in [0.15, 0.2) is 71.6 Å². The summed E-state index contributed by atoms with van der Waals surface area (Å²) in [5.41, 5.74) is 4.00. The number of hydrogen-bond acceptors (Lipinski definition) is 4. The van der Waals surface area contributed by atoms with Gasteiger partial charge in [-0.15, -0.1) is 0 Å². The summed E-state index contributed by atoms with van der Waals surface area (Å²) in [5.74, 6) is -0.735. The SMILES string of the molecule is Cc1ccc(S(=O)(=O)N(CC(=O)N(Cc2ccc(Cl)cc2)[C@@H](C)C(=O)NC2CCCC2)c2ccc(C)c(C)c2)cc1. The summed E-state index contributed by atoms with van der Waals surface area (Å²) in [6.07, 6.45) is 3.96. The first-order valence-electron chi connectivity index (χ1n) is 14.0. The van der Waals surface area contributed by atoms with E-state index in [1.54, 1.807) is 67.6 Å². The molecule has 1 saturated carbocycles. The van der Waals surface area contributed by atoms with E-state index in [9.17, 15) is 18.0 Å². The summed E-state index contributed by atoms with van der Waals surface area (Å²) in [5, 5.41) is 3.64. The average Bonchev–Trinajstić information content (AvgIpc) is 3.45. The third kappa shape index (κ3) is 7.49. The van der Waals surface area contributed by atoms with Gasteiger partial charge in [0.15, 0.2) is 0 Å². The van der Waals surface area contributed by atoms with Crippen molar-refractivity contribution in [1.82, 2.24) is 10.2 Å². The molecular weight excluding hydrogens is 558 g/mol. The molecular formula is C32H38ClN3O4S. The van der Waals surface area contributed by atoms with E-state index in [1.165, 1.54) is 4.90 Å². The van der Waals surface area contributed by atoms with Crippen LogP contribution >= 0.6 is 11.6 Å². The van der Waals surface area contributed by atoms with Crippen LogP contribution in [0, 0.1) is 20.8 Å². The number of nitrogens with one attached hydrogen (secondary N) is 1. The molecule has 0 unspecified atom stereocenters. The zero-order valence-corrected chi connectivity index (χ0v) is 25.6. The second-order valence-electron chi connectivity index (χ2n) is 10.9. The maximum absolute atomic E-state index is 14.1. The molecule has 1 N–H and O–H groups in total. The molecule has 1 fully saturated rings. The minimum atomic E-state index is -4.10. The molecule has 0 spiro atoms. The first-order chi connectivity index (χ1) is 19.5. The van der Waals surface area contributed by atoms with Gasteiger partial charge in [-0.3, -0.25) is 13.9 Å². The van der Waals surface area contributed by atoms with E-state index in [0.29, 0.717) is 10.7 Å². The monoisotopic (exact) mass is 595 g/mol. The second kappa shape index (κ2) is 13.1. The van der Waals surface area contributed by atoms with Crippen LogP contribution in [0.4, 0.5) is 5.69 Å². The van der Waals surface area contributed by atoms with Gasteiger partial charge >= 0.3 is 0 Å². The van der Waals surface area contributed by atoms with E-state index in [-0.39, 0.29) is 23.4 Å². The van der Waals surface area contributed by atoms with E-state index in [4.69, 9.17) is 11.6 Å². The first kappa shape index (κ1) is 30.6. The van der Waals surface area contributed by atoms with E-state index in [1.807, 2.05) is 26.8 Å². The number of carbonyl (C=O) groups is 2. The fourth-order valence-electron chi connectivity index (χ4n) is 5.01. The molecule has 1 atom stereocenters. The predicted molar refractivity (Wildman–Crippen MR) is 163 cm³/mol. The van der Waals surface area contributed by atoms with Crippen LogP contribution in [-0.4, -0.2) is 43.8 Å². The lowest BCUT2D eigenvalue weighted by molar-refractivity contribution is -0.139. The Morgan fingerprint density at radius 1 is 0.927 bits per heavy atom. The molecule has 0 saturated heterocycles. The zero-order chi connectivity index (χ0) is 29.7. The van der Waals surface area contributed by atoms with Crippen molar-refractivity contribution in [3.05, 3.63) is 94.0 Å². The van der Waals surface area contributed by atoms with E-state index < -0.39 is 28.5 Å². The Kier molecular flexibility index (Phi) is 9.76. The number of benzene rings is 3. The van der Waals surface area contributed by atoms with Gasteiger partial charge in [-0.25, -0.2) is 8.42 Å². The molecule has 9 heteroatoms. The average molecular weight is 596 g/mol. The number of aryl methyl sites for hydroxylation is 3. The number of sulfonamides is 1. The Morgan fingerprint density at radius 3 is 2.17 bits per heavy atom. The lowest BCUT2D eigenvalue weighted by Crippen LogP contribution is -2.52. The van der Waals surface area contributed by atoms with Crippen LogP contribution in [0.2, 0.25) is 5.02 Å². The molecule has 4 rings (SSSR count). The molecule has 2 amide bonds. The minimum absolute atomic E-state index is 0.0883. The van der Waals surface area contributed by atoms with Crippen LogP contribution in [0.3, 0.4) is 0 Å². The summed E-state index contributed by atoms with van der Waals surface area (Å²) in [7, 11) is -4.10. The Hall–Kier alpha value is -3.36. The fourth-order valence-corrected chi connectivity index (χ4v) is 6.54. The van der Waals surface area contributed by atoms with E-state index in [2.05, 4.69) is 5.32 Å². The normalized spacial score (nSPS) is 14.5. The van der Waals surface area contributed by atoms with Crippen molar-refractivity contribution in [2.45, 2.75) is 76.9 Å². The van der Waals surface area contributed by atoms with Gasteiger partial charge in [0.1, 0.15) is 12.6 Å². The molecule has 1 aliphatic carbocycles. The summed E-state index contributed by atoms with van der Waals surface area (Å²) in [4.78, 5) is 28.9. The highest BCUT2D eigenvalue weighted by Gasteiger charge is 2.33. The molecule has 3 aromatic carbocycles. The maximum Gasteiger partial charge on any atom is 0.264 e. The largest absolute Gasteiger partial charge is 0.352 e. The molecule has 1 aliphatic rings. The summed E-state index contributed by atoms with van der Waals surface area (Å²) >= 11 is 6.08. The topological polar surface area (TPSA) is 86.8 Å². The van der Waals surface area contributed by atoms with E-state index >= 15 is 0 Å². The van der Waals surface area contributed by atoms with Crippen molar-refractivity contribution in [2.75, 3.05) is 10.8 Å². The van der Waals surface area contributed by atoms with Gasteiger partial charge in [0.25, 0.3) is 10.0 Å². The number of hydrogen-bond donors (Lipinski definition) is 1. The van der Waals surface area contributed by atoms with Crippen molar-refractivity contribution >= 4 is 39.1 Å². The summed E-state index contributed by atoms with van der Waals surface area (Å²) < 4.78 is 29.1. The molecule has 0 bridgehead atoms. The van der Waals surface area contributed by atoms with Crippen molar-refractivity contribution in [3.8, 4) is 0 Å². The van der Waals surface area contributed by atoms with Gasteiger partial charge in [0, 0.05) is 17.6 Å². The quantitative estimate of drug-likeness (QED) is 0.314. The van der Waals surface area contributed by atoms with Crippen molar-refractivity contribution in [2.24, 2.45) is 0 Å². The van der Waals surface area contributed by atoms with Gasteiger partial charge in [0.05, 0.1) is 10.6 Å². The van der Waals surface area contributed by atoms with Gasteiger partial charge < -0.3 is 10.2 Å². The lowest BCUT2D eigenvalue weighted by Gasteiger charge is -2.32. The van der Waals surface area contributed by atoms with Gasteiger partial charge in [-0.05, 0) is 93.6 Å². The number of anilines is 1. The Morgan fingerprint density at radius 2 is 1.56 bits per heavy atom. The first-order valence-corrected chi connectivity index (χ1v) is 15.8. The van der Waals surface area contributed by atoms with Crippen LogP contribution in [-0.2, 0) is 26.2 Å². The predicted octanol–water partition coefficient (Wildman–Crippen LogP) is 5.94. The number of carbonyl (C=O) groups excluding carboxylic acids is 2. The standard InChI is InChI=1S/C32H38ClN3O4S/c1-22-9-17-30(18-10-22)41(39,40)36(29-16-11-23(2)24(3)19-29)21-31(37)35(20-26-12-14-27(33)15-13-26)25(4)32(38)34-28-7-5-6-8-28/h9-19,25,28H,5-8,20-21H2,1-4H3,(H,34,38)/t25-/m0/s1. The number of amides is 2. The smallest absolute Gasteiger partial charge is 0.264 e. The summed E-state index contributed by atoms with van der Waals surface area (Å²) in [6.45, 7) is 7.08. The molecule has 41 heavy (non-hydrogen) atoms. The molecule has 0 aromatic heterocycles. The van der Waals surface area contributed by atoms with Crippen LogP contribution < -0.4 is 9.62 Å². The number of nitrogens with zero attached hydrogens (tertiary/aromatic N) is 2. The summed E-state index contributed by atoms with van der Waals surface area (Å²) in [6, 6.07) is 18.2. The lowest BCUT2D eigenvalue weighted by atomic mass is 10.1. The van der Waals surface area contributed by atoms with Crippen molar-refractivity contribution in [1.29, 1.82) is 0 Å². The minimum Gasteiger partial charge on any atom is -0.352 e. The third-order valence-electron chi connectivity index (χ3n) is 7.80. The van der Waals surface area contributed by atoms with Crippen molar-refractivity contribution in [3.63, 3.8) is 0 Å². The molecule has 218 valence electrons. The highest BCUT2D eigenvalue weighted by atomic mass is 35.5. The third-order valence-corrected chi connectivity index (χ3v) is 9.84. The number of halogens is 1. The van der Waals surface area contributed by atoms with Crippen LogP contribution in [0.5, 0.6) is 0 Å². The van der Waals surface area contributed by atoms with Gasteiger partial charge in [-0.2, -0.15) is 0 Å². The second-order valence-corrected chi connectivity index (χ2v) is 13.2. The maximum atomic E-state index is 14.1. The molecule has 0 heterocycles. The highest BCUT2D eigenvalue weighted by molar-refractivity contribution is 7.92. The van der Waals surface area contributed by atoms with Gasteiger partial charge in [-0.1, -0.05) is 60.3 Å². The molecule has 7 nitrogen and oxygen atoms in total. The van der Waals surface area contributed by atoms with Crippen LogP contribution in [0.1, 0.15) is 54.9 Å². The van der Waals surface area contributed by atoms with Gasteiger partial charge in [0.2, 0.25) is 11.8 Å². The highest BCUT2D eigenvalue weighted by Crippen LogP contribution is 2.27. The van der Waals surface area contributed by atoms with Crippen molar-refractivity contribution < 1.29 is 18.0 Å². The Bertz CT molecular complexity index is 1480. The Balaban J connectivity index is 1.70. The number of rotatable bonds is 10. The van der Waals surface area contributed by atoms with Crippen LogP contribution in [0.25, 0.3) is 0 Å². The Labute approximate surface area is 248 Å². The molecule has 0 aliphatic heterocycles. The van der Waals surface area contributed by atoms with E-state index in [0.717, 1.165) is 52.2 Å². The molecule has 0 radical (unpaired) electrons. The fraction of sp³-hybridized carbons (Fsp3) is 0.375. The zero-order valence-electron chi connectivity index (χ0n) is 24.1.